The summed E-state index contributed by atoms with van der Waals surface area (Å²) < 4.78 is 8.38. The molecule has 2 heterocycles. The predicted octanol–water partition coefficient (Wildman–Crippen LogP) is 4.69. The topological polar surface area (TPSA) is 17.0 Å². The van der Waals surface area contributed by atoms with Crippen LogP contribution in [0, 0.1) is 13.8 Å². The van der Waals surface area contributed by atoms with E-state index in [9.17, 15) is 0 Å². The van der Waals surface area contributed by atoms with Crippen molar-refractivity contribution in [1.29, 1.82) is 0 Å². The molecule has 0 radical (unpaired) electrons. The number of hydrogen-bond acceptors (Lipinski definition) is 1. The molecule has 0 amide bonds. The van der Waals surface area contributed by atoms with Gasteiger partial charge in [-0.2, -0.15) is 0 Å². The maximum atomic E-state index is 6.24. The second kappa shape index (κ2) is 4.70. The van der Waals surface area contributed by atoms with Gasteiger partial charge in [0.1, 0.15) is 18.2 Å². The Morgan fingerprint density at radius 3 is 2.55 bits per heavy atom. The number of fused-ring (bicyclic) bond motifs is 3. The lowest BCUT2D eigenvalue weighted by Gasteiger charge is -2.05. The molecule has 0 bridgehead atoms. The van der Waals surface area contributed by atoms with Crippen molar-refractivity contribution in [3.8, 4) is 11.3 Å². The number of benzene rings is 2. The smallest absolute Gasteiger partial charge is 0.216 e. The highest BCUT2D eigenvalue weighted by molar-refractivity contribution is 6.11. The molecule has 0 aliphatic heterocycles. The number of hydrogen-bond donors (Lipinski definition) is 0. The Morgan fingerprint density at radius 1 is 0.864 bits per heavy atom. The molecule has 0 aliphatic carbocycles. The summed E-state index contributed by atoms with van der Waals surface area (Å²) in [4.78, 5) is 0. The van der Waals surface area contributed by atoms with Gasteiger partial charge in [0.15, 0.2) is 6.20 Å². The van der Waals surface area contributed by atoms with Crippen molar-refractivity contribution in [1.82, 2.24) is 0 Å². The van der Waals surface area contributed by atoms with Crippen LogP contribution in [0.15, 0.2) is 59.1 Å². The molecule has 0 saturated heterocycles. The van der Waals surface area contributed by atoms with E-state index >= 15 is 0 Å². The molecule has 2 nitrogen and oxygen atoms in total. The fraction of sp³-hybridized carbons (Fsp3) is 0.150. The second-order valence-electron chi connectivity index (χ2n) is 5.88. The van der Waals surface area contributed by atoms with Crippen LogP contribution in [0.25, 0.3) is 33.2 Å². The molecule has 2 aromatic heterocycles. The molecular formula is C20H18NO+. The summed E-state index contributed by atoms with van der Waals surface area (Å²) in [5.74, 6) is 0. The fourth-order valence-electron chi connectivity index (χ4n) is 3.27. The van der Waals surface area contributed by atoms with Gasteiger partial charge in [-0.3, -0.25) is 0 Å². The average Bonchev–Trinajstić information content (AvgIpc) is 2.88. The number of rotatable bonds is 1. The third-order valence-electron chi connectivity index (χ3n) is 4.39. The molecule has 0 spiro atoms. The summed E-state index contributed by atoms with van der Waals surface area (Å²) in [6.45, 7) is 4.28. The zero-order valence-electron chi connectivity index (χ0n) is 13.1. The van der Waals surface area contributed by atoms with E-state index < -0.39 is 0 Å². The largest absolute Gasteiger partial charge is 0.455 e. The van der Waals surface area contributed by atoms with Gasteiger partial charge >= 0.3 is 0 Å². The Hall–Kier alpha value is -2.61. The Bertz CT molecular complexity index is 1010. The third kappa shape index (κ3) is 1.77. The van der Waals surface area contributed by atoms with E-state index in [0.717, 1.165) is 11.2 Å². The summed E-state index contributed by atoms with van der Waals surface area (Å²) in [7, 11) is 2.07. The lowest BCUT2D eigenvalue weighted by Crippen LogP contribution is -2.30. The summed E-state index contributed by atoms with van der Waals surface area (Å²) >= 11 is 0. The first-order valence-electron chi connectivity index (χ1n) is 7.53. The molecule has 0 aliphatic rings. The SMILES string of the molecule is Cc1ccc2c(oc3cccc(C)c32)c1-c1cccc[n+]1C. The molecule has 2 heteroatoms. The Labute approximate surface area is 129 Å². The molecule has 0 N–H and O–H groups in total. The number of aryl methyl sites for hydroxylation is 3. The molecule has 4 rings (SSSR count). The normalized spacial score (nSPS) is 11.4. The van der Waals surface area contributed by atoms with E-state index in [1.807, 2.05) is 12.1 Å². The first-order chi connectivity index (χ1) is 10.7. The van der Waals surface area contributed by atoms with Gasteiger partial charge in [-0.1, -0.05) is 24.3 Å². The quantitative estimate of drug-likeness (QED) is 0.464. The van der Waals surface area contributed by atoms with Crippen LogP contribution in [0.5, 0.6) is 0 Å². The van der Waals surface area contributed by atoms with Crippen molar-refractivity contribution >= 4 is 21.9 Å². The van der Waals surface area contributed by atoms with Crippen LogP contribution in [0.2, 0.25) is 0 Å². The highest BCUT2D eigenvalue weighted by atomic mass is 16.3. The number of aromatic nitrogens is 1. The molecule has 0 atom stereocenters. The van der Waals surface area contributed by atoms with Crippen LogP contribution in [-0.4, -0.2) is 0 Å². The fourth-order valence-corrected chi connectivity index (χ4v) is 3.27. The van der Waals surface area contributed by atoms with Crippen LogP contribution < -0.4 is 4.57 Å². The third-order valence-corrected chi connectivity index (χ3v) is 4.39. The van der Waals surface area contributed by atoms with Crippen molar-refractivity contribution in [3.63, 3.8) is 0 Å². The van der Waals surface area contributed by atoms with E-state index in [1.165, 1.54) is 33.2 Å². The molecule has 22 heavy (non-hydrogen) atoms. The molecule has 0 saturated carbocycles. The summed E-state index contributed by atoms with van der Waals surface area (Å²) in [5, 5.41) is 2.41. The number of furan rings is 1. The minimum Gasteiger partial charge on any atom is -0.455 e. The van der Waals surface area contributed by atoms with Gasteiger partial charge in [0.05, 0.1) is 5.56 Å². The monoisotopic (exact) mass is 288 g/mol. The maximum Gasteiger partial charge on any atom is 0.216 e. The summed E-state index contributed by atoms with van der Waals surface area (Å²) in [6.07, 6.45) is 2.07. The van der Waals surface area contributed by atoms with Crippen molar-refractivity contribution < 1.29 is 8.98 Å². The van der Waals surface area contributed by atoms with Crippen molar-refractivity contribution in [3.05, 3.63) is 65.9 Å². The van der Waals surface area contributed by atoms with Gasteiger partial charge in [0, 0.05) is 22.9 Å². The number of pyridine rings is 1. The van der Waals surface area contributed by atoms with E-state index in [0.29, 0.717) is 0 Å². The van der Waals surface area contributed by atoms with Crippen LogP contribution in [-0.2, 0) is 7.05 Å². The van der Waals surface area contributed by atoms with E-state index in [1.54, 1.807) is 0 Å². The highest BCUT2D eigenvalue weighted by Gasteiger charge is 2.20. The second-order valence-corrected chi connectivity index (χ2v) is 5.88. The van der Waals surface area contributed by atoms with Crippen molar-refractivity contribution in [2.75, 3.05) is 0 Å². The molecule has 0 unspecified atom stereocenters. The lowest BCUT2D eigenvalue weighted by molar-refractivity contribution is -0.660. The molecule has 2 aromatic carbocycles. The summed E-state index contributed by atoms with van der Waals surface area (Å²) in [5.41, 5.74) is 6.76. The minimum absolute atomic E-state index is 0.959. The standard InChI is InChI=1S/C20H18NO/c1-13-7-6-9-17-18(13)15-11-10-14(2)19(20(15)22-17)16-8-4-5-12-21(16)3/h4-12H,1-3H3/q+1. The molecule has 0 fully saturated rings. The van der Waals surface area contributed by atoms with Crippen molar-refractivity contribution in [2.24, 2.45) is 7.05 Å². The zero-order valence-corrected chi connectivity index (χ0v) is 13.1. The van der Waals surface area contributed by atoms with Gasteiger partial charge < -0.3 is 4.42 Å². The van der Waals surface area contributed by atoms with Crippen molar-refractivity contribution in [2.45, 2.75) is 13.8 Å². The molecule has 4 aromatic rings. The van der Waals surface area contributed by atoms with Crippen LogP contribution in [0.1, 0.15) is 11.1 Å². The Morgan fingerprint density at radius 2 is 1.73 bits per heavy atom. The van der Waals surface area contributed by atoms with Crippen LogP contribution >= 0.6 is 0 Å². The van der Waals surface area contributed by atoms with Gasteiger partial charge in [-0.05, 0) is 37.1 Å². The lowest BCUT2D eigenvalue weighted by atomic mass is 9.99. The van der Waals surface area contributed by atoms with Gasteiger partial charge in [0.2, 0.25) is 5.69 Å². The number of nitrogens with zero attached hydrogens (tertiary/aromatic N) is 1. The van der Waals surface area contributed by atoms with E-state index in [2.05, 4.69) is 68.1 Å². The predicted molar refractivity (Wildman–Crippen MR) is 89.8 cm³/mol. The average molecular weight is 288 g/mol. The highest BCUT2D eigenvalue weighted by Crippen LogP contribution is 2.37. The summed E-state index contributed by atoms with van der Waals surface area (Å²) in [6, 6.07) is 16.9. The van der Waals surface area contributed by atoms with Gasteiger partial charge in [-0.25, -0.2) is 4.57 Å². The first kappa shape index (κ1) is 13.1. The molecule has 108 valence electrons. The van der Waals surface area contributed by atoms with E-state index in [4.69, 9.17) is 4.42 Å². The van der Waals surface area contributed by atoms with E-state index in [-0.39, 0.29) is 0 Å². The Balaban J connectivity index is 2.19. The van der Waals surface area contributed by atoms with Gasteiger partial charge in [-0.15, -0.1) is 0 Å². The maximum absolute atomic E-state index is 6.24. The van der Waals surface area contributed by atoms with Gasteiger partial charge in [0.25, 0.3) is 0 Å². The molecular weight excluding hydrogens is 270 g/mol. The van der Waals surface area contributed by atoms with Crippen LogP contribution in [0.4, 0.5) is 0 Å². The minimum atomic E-state index is 0.959. The van der Waals surface area contributed by atoms with Crippen LogP contribution in [0.3, 0.4) is 0 Å². The Kier molecular flexibility index (Phi) is 2.80. The first-order valence-corrected chi connectivity index (χ1v) is 7.53. The zero-order chi connectivity index (χ0) is 15.3.